The predicted molar refractivity (Wildman–Crippen MR) is 90.2 cm³/mol. The molecule has 24 heavy (non-hydrogen) atoms. The smallest absolute Gasteiger partial charge is 0.329 e. The number of amides is 1. The van der Waals surface area contributed by atoms with Crippen LogP contribution in [0.3, 0.4) is 0 Å². The van der Waals surface area contributed by atoms with Crippen molar-refractivity contribution in [2.45, 2.75) is 46.2 Å². The second-order valence-corrected chi connectivity index (χ2v) is 7.24. The standard InChI is InChI=1S/C17H21N3O4/c1-17(2,3)14(15(22)23)20-11-7-4-6-10-13(11)19(16(20)24)9-5-8-12(21)18-10/h4,6-7,14H,5,8-9H2,1-3H3,(H,18,21)(H,22,23). The van der Waals surface area contributed by atoms with E-state index in [1.54, 1.807) is 43.5 Å². The van der Waals surface area contributed by atoms with Crippen LogP contribution in [0.4, 0.5) is 5.69 Å². The molecule has 1 aromatic carbocycles. The monoisotopic (exact) mass is 331 g/mol. The van der Waals surface area contributed by atoms with Crippen LogP contribution in [-0.4, -0.2) is 26.1 Å². The summed E-state index contributed by atoms with van der Waals surface area (Å²) in [6, 6.07) is 4.19. The van der Waals surface area contributed by atoms with Crippen LogP contribution in [0.15, 0.2) is 23.0 Å². The van der Waals surface area contributed by atoms with E-state index in [1.807, 2.05) is 0 Å². The van der Waals surface area contributed by atoms with Gasteiger partial charge in [0.1, 0.15) is 6.04 Å². The Balaban J connectivity index is 2.38. The number of nitrogens with zero attached hydrogens (tertiary/aromatic N) is 2. The number of benzene rings is 1. The maximum absolute atomic E-state index is 13.0. The molecule has 0 radical (unpaired) electrons. The van der Waals surface area contributed by atoms with Crippen LogP contribution < -0.4 is 11.0 Å². The Morgan fingerprint density at radius 1 is 1.29 bits per heavy atom. The Bertz CT molecular complexity index is 886. The Kier molecular flexibility index (Phi) is 3.74. The summed E-state index contributed by atoms with van der Waals surface area (Å²) in [6.07, 6.45) is 0.863. The Morgan fingerprint density at radius 2 is 2.00 bits per heavy atom. The first-order valence-electron chi connectivity index (χ1n) is 7.98. The first-order valence-corrected chi connectivity index (χ1v) is 7.98. The summed E-state index contributed by atoms with van der Waals surface area (Å²) in [5.41, 5.74) is 0.670. The molecule has 7 nitrogen and oxygen atoms in total. The molecule has 1 unspecified atom stereocenters. The Labute approximate surface area is 138 Å². The molecular formula is C17H21N3O4. The van der Waals surface area contributed by atoms with E-state index in [9.17, 15) is 19.5 Å². The highest BCUT2D eigenvalue weighted by atomic mass is 16.4. The molecule has 0 fully saturated rings. The van der Waals surface area contributed by atoms with Crippen LogP contribution in [0.1, 0.15) is 39.7 Å². The number of carbonyl (C=O) groups is 2. The van der Waals surface area contributed by atoms with Crippen molar-refractivity contribution in [3.05, 3.63) is 28.7 Å². The summed E-state index contributed by atoms with van der Waals surface area (Å²) in [7, 11) is 0. The van der Waals surface area contributed by atoms with Crippen LogP contribution >= 0.6 is 0 Å². The number of aryl methyl sites for hydroxylation is 1. The summed E-state index contributed by atoms with van der Waals surface area (Å²) in [4.78, 5) is 36.8. The van der Waals surface area contributed by atoms with Gasteiger partial charge in [0, 0.05) is 13.0 Å². The van der Waals surface area contributed by atoms with Crippen LogP contribution in [-0.2, 0) is 16.1 Å². The number of carboxylic acids is 1. The van der Waals surface area contributed by atoms with Crippen molar-refractivity contribution in [2.24, 2.45) is 5.41 Å². The average molecular weight is 331 g/mol. The molecule has 1 atom stereocenters. The molecule has 1 aliphatic heterocycles. The van der Waals surface area contributed by atoms with E-state index in [0.29, 0.717) is 36.1 Å². The minimum Gasteiger partial charge on any atom is -0.480 e. The largest absolute Gasteiger partial charge is 0.480 e. The first-order chi connectivity index (χ1) is 11.2. The van der Waals surface area contributed by atoms with Gasteiger partial charge in [-0.05, 0) is 24.0 Å². The zero-order chi connectivity index (χ0) is 17.6. The first kappa shape index (κ1) is 16.3. The van der Waals surface area contributed by atoms with Gasteiger partial charge in [0.05, 0.1) is 16.7 Å². The fraction of sp³-hybridized carbons (Fsp3) is 0.471. The van der Waals surface area contributed by atoms with Gasteiger partial charge >= 0.3 is 11.7 Å². The number of anilines is 1. The normalized spacial score (nSPS) is 16.4. The number of carbonyl (C=O) groups excluding carboxylic acids is 1. The Hall–Kier alpha value is -2.57. The molecule has 7 heteroatoms. The summed E-state index contributed by atoms with van der Waals surface area (Å²) >= 11 is 0. The highest BCUT2D eigenvalue weighted by Crippen LogP contribution is 2.34. The molecule has 2 heterocycles. The molecule has 128 valence electrons. The number of nitrogens with one attached hydrogen (secondary N) is 1. The van der Waals surface area contributed by atoms with E-state index in [1.165, 1.54) is 4.57 Å². The quantitative estimate of drug-likeness (QED) is 0.882. The second-order valence-electron chi connectivity index (χ2n) is 7.24. The number of hydrogen-bond donors (Lipinski definition) is 2. The number of para-hydroxylation sites is 1. The van der Waals surface area contributed by atoms with Crippen molar-refractivity contribution < 1.29 is 14.7 Å². The van der Waals surface area contributed by atoms with Crippen molar-refractivity contribution in [1.82, 2.24) is 9.13 Å². The van der Waals surface area contributed by atoms with E-state index >= 15 is 0 Å². The van der Waals surface area contributed by atoms with Gasteiger partial charge in [-0.2, -0.15) is 0 Å². The van der Waals surface area contributed by atoms with Crippen LogP contribution in [0.25, 0.3) is 11.0 Å². The lowest BCUT2D eigenvalue weighted by molar-refractivity contribution is -0.144. The lowest BCUT2D eigenvalue weighted by Crippen LogP contribution is -2.38. The number of hydrogen-bond acceptors (Lipinski definition) is 3. The summed E-state index contributed by atoms with van der Waals surface area (Å²) in [6.45, 7) is 5.78. The molecule has 1 aromatic heterocycles. The molecule has 0 aliphatic carbocycles. The molecule has 2 N–H and O–H groups in total. The molecule has 0 spiro atoms. The zero-order valence-corrected chi connectivity index (χ0v) is 14.0. The summed E-state index contributed by atoms with van der Waals surface area (Å²) in [5.74, 6) is -1.15. The third-order valence-corrected chi connectivity index (χ3v) is 4.35. The molecular weight excluding hydrogens is 310 g/mol. The van der Waals surface area contributed by atoms with E-state index in [-0.39, 0.29) is 11.6 Å². The van der Waals surface area contributed by atoms with Gasteiger partial charge in [-0.15, -0.1) is 0 Å². The maximum Gasteiger partial charge on any atom is 0.329 e. The lowest BCUT2D eigenvalue weighted by atomic mass is 9.86. The molecule has 3 rings (SSSR count). The Morgan fingerprint density at radius 3 is 2.62 bits per heavy atom. The summed E-state index contributed by atoms with van der Waals surface area (Å²) in [5, 5.41) is 12.5. The van der Waals surface area contributed by atoms with Gasteiger partial charge in [-0.1, -0.05) is 26.8 Å². The fourth-order valence-corrected chi connectivity index (χ4v) is 3.37. The molecule has 0 bridgehead atoms. The number of rotatable bonds is 2. The van der Waals surface area contributed by atoms with Crippen LogP contribution in [0.2, 0.25) is 0 Å². The fourth-order valence-electron chi connectivity index (χ4n) is 3.37. The molecule has 0 saturated carbocycles. The van der Waals surface area contributed by atoms with Gasteiger partial charge < -0.3 is 10.4 Å². The topological polar surface area (TPSA) is 93.3 Å². The van der Waals surface area contributed by atoms with Crippen LogP contribution in [0, 0.1) is 5.41 Å². The van der Waals surface area contributed by atoms with E-state index in [2.05, 4.69) is 5.32 Å². The van der Waals surface area contributed by atoms with Gasteiger partial charge in [-0.25, -0.2) is 9.59 Å². The van der Waals surface area contributed by atoms with E-state index in [4.69, 9.17) is 0 Å². The zero-order valence-electron chi connectivity index (χ0n) is 14.0. The van der Waals surface area contributed by atoms with Crippen molar-refractivity contribution >= 4 is 28.6 Å². The summed E-state index contributed by atoms with van der Waals surface area (Å²) < 4.78 is 2.92. The predicted octanol–water partition coefficient (Wildman–Crippen LogP) is 2.21. The average Bonchev–Trinajstić information content (AvgIpc) is 2.70. The van der Waals surface area contributed by atoms with E-state index < -0.39 is 17.4 Å². The SMILES string of the molecule is CC(C)(C)C(C(=O)O)n1c(=O)n2c3c(cccc31)NC(=O)CCC2. The minimum absolute atomic E-state index is 0.0976. The maximum atomic E-state index is 13.0. The van der Waals surface area contributed by atoms with Gasteiger partial charge in [0.15, 0.2) is 0 Å². The van der Waals surface area contributed by atoms with Crippen molar-refractivity contribution in [3.63, 3.8) is 0 Å². The second kappa shape index (κ2) is 5.51. The van der Waals surface area contributed by atoms with Crippen molar-refractivity contribution in [1.29, 1.82) is 0 Å². The van der Waals surface area contributed by atoms with Crippen LogP contribution in [0.5, 0.6) is 0 Å². The molecule has 1 aliphatic rings. The third-order valence-electron chi connectivity index (χ3n) is 4.35. The molecule has 1 amide bonds. The number of imidazole rings is 1. The molecule has 2 aromatic rings. The highest BCUT2D eigenvalue weighted by molar-refractivity contribution is 6.00. The third kappa shape index (κ3) is 2.50. The van der Waals surface area contributed by atoms with Gasteiger partial charge in [0.2, 0.25) is 5.91 Å². The number of carboxylic acid groups (broad SMARTS) is 1. The number of aliphatic carboxylic acids is 1. The number of aromatic nitrogens is 2. The van der Waals surface area contributed by atoms with Gasteiger partial charge in [-0.3, -0.25) is 13.9 Å². The van der Waals surface area contributed by atoms with E-state index in [0.717, 1.165) is 0 Å². The highest BCUT2D eigenvalue weighted by Gasteiger charge is 2.36. The van der Waals surface area contributed by atoms with Crippen molar-refractivity contribution in [3.8, 4) is 0 Å². The van der Waals surface area contributed by atoms with Crippen molar-refractivity contribution in [2.75, 3.05) is 5.32 Å². The molecule has 0 saturated heterocycles. The minimum atomic E-state index is -1.05. The lowest BCUT2D eigenvalue weighted by Gasteiger charge is -2.28. The van der Waals surface area contributed by atoms with Gasteiger partial charge in [0.25, 0.3) is 0 Å².